The lowest BCUT2D eigenvalue weighted by Gasteiger charge is -2.42. The molecule has 0 spiro atoms. The number of aromatic nitrogens is 1. The molecule has 0 unspecified atom stereocenters. The number of likely N-dealkylation sites (N-methyl/N-ethyl adjacent to an activating group) is 1. The number of alkyl halides is 3. The first kappa shape index (κ1) is 23.1. The third kappa shape index (κ3) is 5.76. The summed E-state index contributed by atoms with van der Waals surface area (Å²) in [5.74, 6) is -0.407. The van der Waals surface area contributed by atoms with E-state index >= 15 is 0 Å². The monoisotopic (exact) mass is 448 g/mol. The fourth-order valence-electron chi connectivity index (χ4n) is 3.18. The number of ether oxygens (including phenoxy) is 1. The molecule has 0 aliphatic carbocycles. The van der Waals surface area contributed by atoms with Crippen molar-refractivity contribution in [1.82, 2.24) is 15.6 Å². The molecule has 170 valence electrons. The van der Waals surface area contributed by atoms with Crippen LogP contribution in [-0.4, -0.2) is 55.7 Å². The molecule has 1 aliphatic heterocycles. The Kier molecular flexibility index (Phi) is 6.98. The van der Waals surface area contributed by atoms with E-state index in [0.717, 1.165) is 24.9 Å². The molecule has 0 bridgehead atoms. The van der Waals surface area contributed by atoms with Gasteiger partial charge < -0.3 is 31.0 Å². The zero-order chi connectivity index (χ0) is 23.3. The highest BCUT2D eigenvalue weighted by molar-refractivity contribution is 6.10. The maximum Gasteiger partial charge on any atom is 0.573 e. The number of hydrogen-bond donors (Lipinski definition) is 4. The van der Waals surface area contributed by atoms with Gasteiger partial charge in [-0.3, -0.25) is 4.79 Å². The van der Waals surface area contributed by atoms with Gasteiger partial charge in [-0.05, 0) is 43.5 Å². The van der Waals surface area contributed by atoms with Crippen LogP contribution in [0.2, 0.25) is 0 Å². The standard InChI is InChI=1S/C21H23F3N6O2/c1-3-18(31)28-10-16(25)19-17(30-11-14(12-30)26-2)8-9-27-20(19)29-13-4-6-15(7-5-13)32-21(22,23)24/h3-9,14,25-26H,1,10-12H2,2H3,(H,27,29)(H,28,31). The number of hydrogen-bond acceptors (Lipinski definition) is 7. The lowest BCUT2D eigenvalue weighted by atomic mass is 10.0. The number of benzene rings is 1. The minimum absolute atomic E-state index is 0.0418. The van der Waals surface area contributed by atoms with Gasteiger partial charge in [0.2, 0.25) is 5.91 Å². The summed E-state index contributed by atoms with van der Waals surface area (Å²) in [5, 5.41) is 17.4. The third-order valence-electron chi connectivity index (χ3n) is 4.84. The van der Waals surface area contributed by atoms with Gasteiger partial charge in [-0.1, -0.05) is 6.58 Å². The molecule has 8 nitrogen and oxygen atoms in total. The Morgan fingerprint density at radius 1 is 1.31 bits per heavy atom. The lowest BCUT2D eigenvalue weighted by Crippen LogP contribution is -2.57. The average molecular weight is 448 g/mol. The highest BCUT2D eigenvalue weighted by Gasteiger charge is 2.31. The Hall–Kier alpha value is -3.60. The maximum atomic E-state index is 12.4. The summed E-state index contributed by atoms with van der Waals surface area (Å²) in [4.78, 5) is 18.0. The van der Waals surface area contributed by atoms with Crippen molar-refractivity contribution in [2.24, 2.45) is 0 Å². The van der Waals surface area contributed by atoms with E-state index in [0.29, 0.717) is 23.1 Å². The number of nitrogens with zero attached hydrogens (tertiary/aromatic N) is 2. The molecule has 3 rings (SSSR count). The summed E-state index contributed by atoms with van der Waals surface area (Å²) in [7, 11) is 1.88. The van der Waals surface area contributed by atoms with Crippen LogP contribution in [0.5, 0.6) is 5.75 Å². The Bertz CT molecular complexity index is 988. The van der Waals surface area contributed by atoms with Gasteiger partial charge in [-0.15, -0.1) is 13.2 Å². The second kappa shape index (κ2) is 9.69. The number of anilines is 3. The van der Waals surface area contributed by atoms with E-state index in [1.807, 2.05) is 7.05 Å². The molecule has 2 aromatic rings. The van der Waals surface area contributed by atoms with Crippen molar-refractivity contribution in [3.63, 3.8) is 0 Å². The summed E-state index contributed by atoms with van der Waals surface area (Å²) in [6, 6.07) is 7.31. The molecule has 11 heteroatoms. The molecule has 0 atom stereocenters. The van der Waals surface area contributed by atoms with Gasteiger partial charge in [-0.2, -0.15) is 0 Å². The normalized spacial score (nSPS) is 13.8. The van der Waals surface area contributed by atoms with Gasteiger partial charge in [0.25, 0.3) is 0 Å². The van der Waals surface area contributed by atoms with Gasteiger partial charge in [0, 0.05) is 31.0 Å². The first-order valence-corrected chi connectivity index (χ1v) is 9.72. The molecule has 32 heavy (non-hydrogen) atoms. The van der Waals surface area contributed by atoms with E-state index in [9.17, 15) is 18.0 Å². The first-order chi connectivity index (χ1) is 15.2. The zero-order valence-electron chi connectivity index (χ0n) is 17.3. The molecule has 1 saturated heterocycles. The second-order valence-electron chi connectivity index (χ2n) is 7.04. The summed E-state index contributed by atoms with van der Waals surface area (Å²) in [6.07, 6.45) is -2.07. The lowest BCUT2D eigenvalue weighted by molar-refractivity contribution is -0.274. The van der Waals surface area contributed by atoms with Gasteiger partial charge >= 0.3 is 6.36 Å². The minimum Gasteiger partial charge on any atom is -0.406 e. The number of rotatable bonds is 9. The van der Waals surface area contributed by atoms with Gasteiger partial charge in [0.05, 0.1) is 23.5 Å². The number of pyridine rings is 1. The Morgan fingerprint density at radius 3 is 2.59 bits per heavy atom. The Balaban J connectivity index is 1.86. The molecule has 1 aromatic heterocycles. The van der Waals surface area contributed by atoms with Gasteiger partial charge in [-0.25, -0.2) is 4.98 Å². The largest absolute Gasteiger partial charge is 0.573 e. The minimum atomic E-state index is -4.77. The van der Waals surface area contributed by atoms with Crippen molar-refractivity contribution in [2.75, 3.05) is 36.9 Å². The van der Waals surface area contributed by atoms with Crippen LogP contribution in [0.25, 0.3) is 0 Å². The van der Waals surface area contributed by atoms with Crippen LogP contribution in [0, 0.1) is 5.41 Å². The van der Waals surface area contributed by atoms with Crippen LogP contribution in [0.15, 0.2) is 49.2 Å². The first-order valence-electron chi connectivity index (χ1n) is 9.72. The number of carbonyl (C=O) groups is 1. The van der Waals surface area contributed by atoms with Crippen molar-refractivity contribution < 1.29 is 22.7 Å². The van der Waals surface area contributed by atoms with E-state index in [4.69, 9.17) is 5.41 Å². The van der Waals surface area contributed by atoms with Crippen LogP contribution < -0.4 is 25.6 Å². The summed E-state index contributed by atoms with van der Waals surface area (Å²) < 4.78 is 41.0. The average Bonchev–Trinajstić information content (AvgIpc) is 2.71. The van der Waals surface area contributed by atoms with E-state index in [-0.39, 0.29) is 18.0 Å². The van der Waals surface area contributed by atoms with Crippen molar-refractivity contribution in [1.29, 1.82) is 5.41 Å². The van der Waals surface area contributed by atoms with Crippen molar-refractivity contribution in [3.8, 4) is 5.75 Å². The second-order valence-corrected chi connectivity index (χ2v) is 7.04. The molecule has 0 radical (unpaired) electrons. The fourth-order valence-corrected chi connectivity index (χ4v) is 3.18. The molecule has 0 saturated carbocycles. The van der Waals surface area contributed by atoms with Crippen LogP contribution in [0.4, 0.5) is 30.4 Å². The summed E-state index contributed by atoms with van der Waals surface area (Å²) >= 11 is 0. The summed E-state index contributed by atoms with van der Waals surface area (Å²) in [6.45, 7) is 4.83. The number of carbonyl (C=O) groups excluding carboxylic acids is 1. The predicted molar refractivity (Wildman–Crippen MR) is 116 cm³/mol. The number of nitrogens with one attached hydrogen (secondary N) is 4. The smallest absolute Gasteiger partial charge is 0.406 e. The van der Waals surface area contributed by atoms with E-state index in [1.54, 1.807) is 12.3 Å². The number of halogens is 3. The molecule has 2 heterocycles. The van der Waals surface area contributed by atoms with E-state index in [1.165, 1.54) is 24.3 Å². The molecule has 1 aliphatic rings. The molecule has 1 fully saturated rings. The zero-order valence-corrected chi connectivity index (χ0v) is 17.3. The molecular weight excluding hydrogens is 425 g/mol. The fraction of sp³-hybridized carbons (Fsp3) is 0.286. The summed E-state index contributed by atoms with van der Waals surface area (Å²) in [5.41, 5.74) is 1.84. The molecule has 1 aromatic carbocycles. The highest BCUT2D eigenvalue weighted by atomic mass is 19.4. The molecule has 4 N–H and O–H groups in total. The maximum absolute atomic E-state index is 12.4. The Morgan fingerprint density at radius 2 is 2.00 bits per heavy atom. The quantitative estimate of drug-likeness (QED) is 0.348. The van der Waals surface area contributed by atoms with Crippen LogP contribution in [0.3, 0.4) is 0 Å². The van der Waals surface area contributed by atoms with Crippen molar-refractivity contribution in [3.05, 3.63) is 54.7 Å². The third-order valence-corrected chi connectivity index (χ3v) is 4.84. The van der Waals surface area contributed by atoms with Crippen molar-refractivity contribution in [2.45, 2.75) is 12.4 Å². The van der Waals surface area contributed by atoms with Gasteiger partial charge in [0.15, 0.2) is 0 Å². The van der Waals surface area contributed by atoms with Crippen molar-refractivity contribution >= 4 is 28.8 Å². The van der Waals surface area contributed by atoms with Crippen LogP contribution >= 0.6 is 0 Å². The number of amides is 1. The van der Waals surface area contributed by atoms with E-state index < -0.39 is 12.3 Å². The topological polar surface area (TPSA) is 102 Å². The van der Waals surface area contributed by atoms with Crippen LogP contribution in [-0.2, 0) is 4.79 Å². The SMILES string of the molecule is C=CC(=O)NCC(=N)c1c(N2CC(NC)C2)ccnc1Nc1ccc(OC(F)(F)F)cc1. The van der Waals surface area contributed by atoms with Crippen LogP contribution in [0.1, 0.15) is 5.56 Å². The molecule has 1 amide bonds. The molecular formula is C21H23F3N6O2. The highest BCUT2D eigenvalue weighted by Crippen LogP contribution is 2.32. The van der Waals surface area contributed by atoms with Gasteiger partial charge in [0.1, 0.15) is 11.6 Å². The Labute approximate surface area is 183 Å². The predicted octanol–water partition coefficient (Wildman–Crippen LogP) is 2.80. The van der Waals surface area contributed by atoms with E-state index in [2.05, 4.69) is 37.2 Å².